The Balaban J connectivity index is 2.47. The maximum atomic E-state index is 12.3. The smallest absolute Gasteiger partial charge is 0.239 e. The van der Waals surface area contributed by atoms with Gasteiger partial charge in [-0.2, -0.15) is 0 Å². The standard InChI is InChI=1S/C17H34N2O/c1-6-7-14-8-10-15(11-9-14)18-16(12-13(2)3)17(20)19(4)5/h13-16,18H,6-12H2,1-5H3. The second-order valence-corrected chi connectivity index (χ2v) is 7.09. The summed E-state index contributed by atoms with van der Waals surface area (Å²) in [5.41, 5.74) is 0. The predicted molar refractivity (Wildman–Crippen MR) is 85.7 cm³/mol. The first-order valence-electron chi connectivity index (χ1n) is 8.41. The van der Waals surface area contributed by atoms with Crippen molar-refractivity contribution in [3.8, 4) is 0 Å². The molecule has 1 fully saturated rings. The molecule has 0 bridgehead atoms. The highest BCUT2D eigenvalue weighted by atomic mass is 16.2. The Labute approximate surface area is 125 Å². The van der Waals surface area contributed by atoms with Crippen LogP contribution in [0.3, 0.4) is 0 Å². The molecule has 3 nitrogen and oxygen atoms in total. The first-order chi connectivity index (χ1) is 9.43. The number of nitrogens with zero attached hydrogens (tertiary/aromatic N) is 1. The van der Waals surface area contributed by atoms with Gasteiger partial charge in [0.25, 0.3) is 0 Å². The number of amides is 1. The van der Waals surface area contributed by atoms with Crippen LogP contribution >= 0.6 is 0 Å². The van der Waals surface area contributed by atoms with Gasteiger partial charge in [0.05, 0.1) is 6.04 Å². The lowest BCUT2D eigenvalue weighted by atomic mass is 9.83. The summed E-state index contributed by atoms with van der Waals surface area (Å²) in [6.07, 6.45) is 8.74. The molecule has 1 atom stereocenters. The molecule has 0 heterocycles. The second-order valence-electron chi connectivity index (χ2n) is 7.09. The van der Waals surface area contributed by atoms with Crippen LogP contribution < -0.4 is 5.32 Å². The van der Waals surface area contributed by atoms with Gasteiger partial charge in [0.2, 0.25) is 5.91 Å². The Morgan fingerprint density at radius 2 is 1.80 bits per heavy atom. The summed E-state index contributed by atoms with van der Waals surface area (Å²) in [5.74, 6) is 1.70. The Bertz CT molecular complexity index is 281. The van der Waals surface area contributed by atoms with Gasteiger partial charge in [-0.3, -0.25) is 4.79 Å². The van der Waals surface area contributed by atoms with Crippen LogP contribution in [0.1, 0.15) is 65.7 Å². The molecule has 1 aliphatic rings. The Kier molecular flexibility index (Phi) is 7.57. The van der Waals surface area contributed by atoms with Crippen molar-refractivity contribution in [1.29, 1.82) is 0 Å². The summed E-state index contributed by atoms with van der Waals surface area (Å²) in [5, 5.41) is 3.64. The number of hydrogen-bond acceptors (Lipinski definition) is 2. The molecule has 0 aromatic carbocycles. The zero-order valence-electron chi connectivity index (χ0n) is 14.1. The minimum absolute atomic E-state index is 0.00211. The molecule has 1 saturated carbocycles. The van der Waals surface area contributed by atoms with E-state index < -0.39 is 0 Å². The fraction of sp³-hybridized carbons (Fsp3) is 0.941. The van der Waals surface area contributed by atoms with E-state index in [1.54, 1.807) is 4.90 Å². The first-order valence-corrected chi connectivity index (χ1v) is 8.41. The van der Waals surface area contributed by atoms with Crippen molar-refractivity contribution in [3.05, 3.63) is 0 Å². The number of rotatable bonds is 7. The predicted octanol–water partition coefficient (Wildman–Crippen LogP) is 3.44. The van der Waals surface area contributed by atoms with E-state index in [2.05, 4.69) is 26.1 Å². The van der Waals surface area contributed by atoms with Gasteiger partial charge in [-0.15, -0.1) is 0 Å². The molecule has 1 amide bonds. The summed E-state index contributed by atoms with van der Waals surface area (Å²) in [6.45, 7) is 6.66. The van der Waals surface area contributed by atoms with E-state index in [0.29, 0.717) is 12.0 Å². The molecule has 1 aliphatic carbocycles. The van der Waals surface area contributed by atoms with Crippen molar-refractivity contribution in [3.63, 3.8) is 0 Å². The Hall–Kier alpha value is -0.570. The highest BCUT2D eigenvalue weighted by Gasteiger charge is 2.27. The summed E-state index contributed by atoms with van der Waals surface area (Å²) in [6, 6.07) is 0.536. The second kappa shape index (κ2) is 8.66. The lowest BCUT2D eigenvalue weighted by Gasteiger charge is -2.33. The molecule has 0 radical (unpaired) electrons. The minimum atomic E-state index is -0.00211. The molecule has 3 heteroatoms. The minimum Gasteiger partial charge on any atom is -0.347 e. The third kappa shape index (κ3) is 5.82. The maximum Gasteiger partial charge on any atom is 0.239 e. The van der Waals surface area contributed by atoms with E-state index in [1.165, 1.54) is 38.5 Å². The van der Waals surface area contributed by atoms with E-state index in [0.717, 1.165) is 12.3 Å². The SMILES string of the molecule is CCCC1CCC(NC(CC(C)C)C(=O)N(C)C)CC1. The molecule has 0 aromatic heterocycles. The van der Waals surface area contributed by atoms with Gasteiger partial charge in [0.1, 0.15) is 0 Å². The molecule has 0 spiro atoms. The summed E-state index contributed by atoms with van der Waals surface area (Å²) in [7, 11) is 3.71. The van der Waals surface area contributed by atoms with Crippen molar-refractivity contribution < 1.29 is 4.79 Å². The van der Waals surface area contributed by atoms with E-state index in [-0.39, 0.29) is 11.9 Å². The number of carbonyl (C=O) groups excluding carboxylic acids is 1. The highest BCUT2D eigenvalue weighted by Crippen LogP contribution is 2.28. The molecule has 1 rings (SSSR count). The monoisotopic (exact) mass is 282 g/mol. The average Bonchev–Trinajstić information content (AvgIpc) is 2.39. The maximum absolute atomic E-state index is 12.3. The van der Waals surface area contributed by atoms with Gasteiger partial charge in [0, 0.05) is 20.1 Å². The van der Waals surface area contributed by atoms with Crippen molar-refractivity contribution in [1.82, 2.24) is 10.2 Å². The highest BCUT2D eigenvalue weighted by molar-refractivity contribution is 5.81. The number of nitrogens with one attached hydrogen (secondary N) is 1. The summed E-state index contributed by atoms with van der Waals surface area (Å²) >= 11 is 0. The van der Waals surface area contributed by atoms with Gasteiger partial charge >= 0.3 is 0 Å². The third-order valence-electron chi connectivity index (χ3n) is 4.43. The number of likely N-dealkylation sites (N-methyl/N-ethyl adjacent to an activating group) is 1. The molecule has 0 aliphatic heterocycles. The molecule has 20 heavy (non-hydrogen) atoms. The van der Waals surface area contributed by atoms with Crippen LogP contribution in [0.25, 0.3) is 0 Å². The van der Waals surface area contributed by atoms with Crippen LogP contribution in [0.5, 0.6) is 0 Å². The Morgan fingerprint density at radius 1 is 1.20 bits per heavy atom. The van der Waals surface area contributed by atoms with Gasteiger partial charge < -0.3 is 10.2 Å². The van der Waals surface area contributed by atoms with Gasteiger partial charge in [-0.05, 0) is 43.9 Å². The summed E-state index contributed by atoms with van der Waals surface area (Å²) < 4.78 is 0. The molecule has 1 N–H and O–H groups in total. The van der Waals surface area contributed by atoms with Crippen molar-refractivity contribution in [2.75, 3.05) is 14.1 Å². The van der Waals surface area contributed by atoms with Crippen LogP contribution in [-0.4, -0.2) is 37.0 Å². The van der Waals surface area contributed by atoms with Crippen LogP contribution in [-0.2, 0) is 4.79 Å². The first kappa shape index (κ1) is 17.5. The van der Waals surface area contributed by atoms with E-state index in [9.17, 15) is 4.79 Å². The van der Waals surface area contributed by atoms with Gasteiger partial charge in [-0.1, -0.05) is 33.6 Å². The fourth-order valence-corrected chi connectivity index (χ4v) is 3.33. The largest absolute Gasteiger partial charge is 0.347 e. The zero-order valence-corrected chi connectivity index (χ0v) is 14.1. The Morgan fingerprint density at radius 3 is 2.25 bits per heavy atom. The normalized spacial score (nSPS) is 24.7. The molecule has 1 unspecified atom stereocenters. The number of carbonyl (C=O) groups is 1. The molecule has 0 aromatic rings. The van der Waals surface area contributed by atoms with Crippen LogP contribution in [0.2, 0.25) is 0 Å². The van der Waals surface area contributed by atoms with E-state index in [1.807, 2.05) is 14.1 Å². The van der Waals surface area contributed by atoms with Crippen molar-refractivity contribution in [2.24, 2.45) is 11.8 Å². The van der Waals surface area contributed by atoms with E-state index in [4.69, 9.17) is 0 Å². The molecule has 118 valence electrons. The molecular formula is C17H34N2O. The molecular weight excluding hydrogens is 248 g/mol. The van der Waals surface area contributed by atoms with Crippen LogP contribution in [0, 0.1) is 11.8 Å². The average molecular weight is 282 g/mol. The molecule has 0 saturated heterocycles. The fourth-order valence-electron chi connectivity index (χ4n) is 3.33. The zero-order chi connectivity index (χ0) is 15.1. The van der Waals surface area contributed by atoms with Crippen LogP contribution in [0.4, 0.5) is 0 Å². The van der Waals surface area contributed by atoms with Crippen LogP contribution in [0.15, 0.2) is 0 Å². The van der Waals surface area contributed by atoms with Gasteiger partial charge in [-0.25, -0.2) is 0 Å². The van der Waals surface area contributed by atoms with Gasteiger partial charge in [0.15, 0.2) is 0 Å². The summed E-state index contributed by atoms with van der Waals surface area (Å²) in [4.78, 5) is 14.0. The lowest BCUT2D eigenvalue weighted by molar-refractivity contribution is -0.131. The third-order valence-corrected chi connectivity index (χ3v) is 4.43. The van der Waals surface area contributed by atoms with Crippen molar-refractivity contribution in [2.45, 2.75) is 77.8 Å². The number of hydrogen-bond donors (Lipinski definition) is 1. The quantitative estimate of drug-likeness (QED) is 0.776. The lowest BCUT2D eigenvalue weighted by Crippen LogP contribution is -2.49. The van der Waals surface area contributed by atoms with E-state index >= 15 is 0 Å². The van der Waals surface area contributed by atoms with Crippen molar-refractivity contribution >= 4 is 5.91 Å². The topological polar surface area (TPSA) is 32.3 Å².